The molecule has 0 bridgehead atoms. The first kappa shape index (κ1) is 15.6. The molecule has 1 amide bonds. The van der Waals surface area contributed by atoms with Crippen molar-refractivity contribution < 1.29 is 4.79 Å². The van der Waals surface area contributed by atoms with Gasteiger partial charge in [0.1, 0.15) is 6.54 Å². The van der Waals surface area contributed by atoms with Gasteiger partial charge in [-0.15, -0.1) is 0 Å². The van der Waals surface area contributed by atoms with Crippen molar-refractivity contribution in [3.63, 3.8) is 0 Å². The summed E-state index contributed by atoms with van der Waals surface area (Å²) in [5.74, 6) is -0.164. The summed E-state index contributed by atoms with van der Waals surface area (Å²) in [6, 6.07) is 17.2. The van der Waals surface area contributed by atoms with Crippen molar-refractivity contribution in [2.24, 2.45) is 0 Å². The first-order chi connectivity index (χ1) is 12.2. The van der Waals surface area contributed by atoms with Gasteiger partial charge >= 0.3 is 0 Å². The maximum absolute atomic E-state index is 12.6. The number of para-hydroxylation sites is 1. The van der Waals surface area contributed by atoms with E-state index in [1.807, 2.05) is 36.4 Å². The molecule has 0 radical (unpaired) electrons. The Balaban J connectivity index is 1.57. The van der Waals surface area contributed by atoms with Crippen molar-refractivity contribution in [3.8, 4) is 0 Å². The summed E-state index contributed by atoms with van der Waals surface area (Å²) in [5.41, 5.74) is 1.28. The molecule has 1 aliphatic rings. The third-order valence-electron chi connectivity index (χ3n) is 4.96. The van der Waals surface area contributed by atoms with Gasteiger partial charge in [-0.1, -0.05) is 42.5 Å². The summed E-state index contributed by atoms with van der Waals surface area (Å²) in [5, 5.41) is 3.67. The maximum Gasteiger partial charge on any atom is 0.261 e. The number of aromatic nitrogens is 2. The van der Waals surface area contributed by atoms with Crippen LogP contribution in [0.25, 0.3) is 10.9 Å². The largest absolute Gasteiger partial charge is 0.345 e. The van der Waals surface area contributed by atoms with Crippen LogP contribution >= 0.6 is 0 Å². The van der Waals surface area contributed by atoms with Crippen molar-refractivity contribution in [3.05, 3.63) is 76.8 Å². The Kier molecular flexibility index (Phi) is 3.84. The van der Waals surface area contributed by atoms with Crippen LogP contribution in [0.2, 0.25) is 0 Å². The predicted molar refractivity (Wildman–Crippen MR) is 96.1 cm³/mol. The average Bonchev–Trinajstić information content (AvgIpc) is 2.61. The number of rotatable bonds is 4. The monoisotopic (exact) mass is 333 g/mol. The van der Waals surface area contributed by atoms with Crippen LogP contribution in [0.4, 0.5) is 0 Å². The lowest BCUT2D eigenvalue weighted by molar-refractivity contribution is -0.125. The van der Waals surface area contributed by atoms with Crippen LogP contribution in [0.15, 0.2) is 65.7 Å². The molecule has 126 valence electrons. The van der Waals surface area contributed by atoms with Crippen molar-refractivity contribution in [2.75, 3.05) is 0 Å². The van der Waals surface area contributed by atoms with Gasteiger partial charge in [0, 0.05) is 0 Å². The predicted octanol–water partition coefficient (Wildman–Crippen LogP) is 2.59. The highest BCUT2D eigenvalue weighted by molar-refractivity contribution is 5.79. The molecule has 1 N–H and O–H groups in total. The standard InChI is InChI=1S/C20H19N3O2/c24-18(22-20(11-6-12-20)15-7-2-1-3-8-15)13-23-14-21-17-10-5-4-9-16(17)19(23)25/h1-5,7-10,14H,6,11-13H2,(H,22,24). The molecule has 1 fully saturated rings. The van der Waals surface area contributed by atoms with Crippen molar-refractivity contribution >= 4 is 16.8 Å². The summed E-state index contributed by atoms with van der Waals surface area (Å²) in [6.07, 6.45) is 4.38. The molecule has 5 heteroatoms. The Morgan fingerprint density at radius 1 is 1.08 bits per heavy atom. The van der Waals surface area contributed by atoms with Crippen LogP contribution in [0.5, 0.6) is 0 Å². The Morgan fingerprint density at radius 3 is 2.52 bits per heavy atom. The summed E-state index contributed by atoms with van der Waals surface area (Å²) >= 11 is 0. The molecule has 3 aromatic rings. The highest BCUT2D eigenvalue weighted by atomic mass is 16.2. The minimum atomic E-state index is -0.299. The fraction of sp³-hybridized carbons (Fsp3) is 0.250. The van der Waals surface area contributed by atoms with Gasteiger partial charge < -0.3 is 5.32 Å². The third kappa shape index (κ3) is 2.82. The SMILES string of the molecule is O=C(Cn1cnc2ccccc2c1=O)NC1(c2ccccc2)CCC1. The Morgan fingerprint density at radius 2 is 1.80 bits per heavy atom. The minimum Gasteiger partial charge on any atom is -0.345 e. The molecule has 4 rings (SSSR count). The van der Waals surface area contributed by atoms with Crippen LogP contribution in [0, 0.1) is 0 Å². The Labute approximate surface area is 145 Å². The van der Waals surface area contributed by atoms with Crippen LogP contribution in [-0.2, 0) is 16.9 Å². The molecule has 0 aliphatic heterocycles. The van der Waals surface area contributed by atoms with Gasteiger partial charge in [-0.25, -0.2) is 4.98 Å². The van der Waals surface area contributed by atoms with Gasteiger partial charge in [0.2, 0.25) is 5.91 Å². The molecule has 1 saturated carbocycles. The second kappa shape index (κ2) is 6.16. The molecule has 25 heavy (non-hydrogen) atoms. The van der Waals surface area contributed by atoms with Gasteiger partial charge in [0.25, 0.3) is 5.56 Å². The molecule has 1 heterocycles. The minimum absolute atomic E-state index is 0.0226. The zero-order chi connectivity index (χ0) is 17.3. The molecule has 2 aromatic carbocycles. The topological polar surface area (TPSA) is 64.0 Å². The molecule has 0 spiro atoms. The van der Waals surface area contributed by atoms with E-state index in [1.54, 1.807) is 18.2 Å². The summed E-state index contributed by atoms with van der Waals surface area (Å²) in [4.78, 5) is 29.4. The van der Waals surface area contributed by atoms with Crippen LogP contribution in [-0.4, -0.2) is 15.5 Å². The van der Waals surface area contributed by atoms with Crippen molar-refractivity contribution in [1.82, 2.24) is 14.9 Å². The van der Waals surface area contributed by atoms with E-state index in [4.69, 9.17) is 0 Å². The normalized spacial score (nSPS) is 15.5. The lowest BCUT2D eigenvalue weighted by atomic mass is 9.72. The number of carbonyl (C=O) groups excluding carboxylic acids is 1. The quantitative estimate of drug-likeness (QED) is 0.798. The lowest BCUT2D eigenvalue weighted by Gasteiger charge is -2.43. The molecule has 5 nitrogen and oxygen atoms in total. The fourth-order valence-electron chi connectivity index (χ4n) is 3.45. The number of carbonyl (C=O) groups is 1. The molecule has 1 aliphatic carbocycles. The molecular formula is C20H19N3O2. The van der Waals surface area contributed by atoms with E-state index in [0.717, 1.165) is 24.8 Å². The highest BCUT2D eigenvalue weighted by Gasteiger charge is 2.39. The van der Waals surface area contributed by atoms with Crippen LogP contribution < -0.4 is 10.9 Å². The van der Waals surface area contributed by atoms with E-state index in [2.05, 4.69) is 10.3 Å². The molecule has 0 atom stereocenters. The molecule has 0 saturated heterocycles. The van der Waals surface area contributed by atoms with E-state index in [-0.39, 0.29) is 23.6 Å². The van der Waals surface area contributed by atoms with Crippen molar-refractivity contribution in [2.45, 2.75) is 31.3 Å². The zero-order valence-electron chi connectivity index (χ0n) is 13.8. The van der Waals surface area contributed by atoms with Crippen LogP contribution in [0.3, 0.4) is 0 Å². The van der Waals surface area contributed by atoms with Crippen molar-refractivity contribution in [1.29, 1.82) is 0 Å². The smallest absolute Gasteiger partial charge is 0.261 e. The lowest BCUT2D eigenvalue weighted by Crippen LogP contribution is -2.52. The van der Waals surface area contributed by atoms with E-state index in [9.17, 15) is 9.59 Å². The summed E-state index contributed by atoms with van der Waals surface area (Å²) < 4.78 is 1.37. The van der Waals surface area contributed by atoms with E-state index in [1.165, 1.54) is 10.9 Å². The van der Waals surface area contributed by atoms with Crippen LogP contribution in [0.1, 0.15) is 24.8 Å². The van der Waals surface area contributed by atoms with Gasteiger partial charge in [-0.2, -0.15) is 0 Å². The number of nitrogens with one attached hydrogen (secondary N) is 1. The number of fused-ring (bicyclic) bond motifs is 1. The summed E-state index contributed by atoms with van der Waals surface area (Å²) in [7, 11) is 0. The van der Waals surface area contributed by atoms with E-state index in [0.29, 0.717) is 10.9 Å². The Bertz CT molecular complexity index is 975. The van der Waals surface area contributed by atoms with E-state index < -0.39 is 0 Å². The average molecular weight is 333 g/mol. The van der Waals surface area contributed by atoms with Gasteiger partial charge in [0.05, 0.1) is 22.8 Å². The van der Waals surface area contributed by atoms with Gasteiger partial charge in [0.15, 0.2) is 0 Å². The zero-order valence-corrected chi connectivity index (χ0v) is 13.8. The Hall–Kier alpha value is -2.95. The van der Waals surface area contributed by atoms with Gasteiger partial charge in [-0.05, 0) is 37.0 Å². The second-order valence-electron chi connectivity index (χ2n) is 6.54. The molecular weight excluding hydrogens is 314 g/mol. The molecule has 0 unspecified atom stereocenters. The van der Waals surface area contributed by atoms with Gasteiger partial charge in [-0.3, -0.25) is 14.2 Å². The number of benzene rings is 2. The third-order valence-corrected chi connectivity index (χ3v) is 4.96. The number of amides is 1. The maximum atomic E-state index is 12.6. The van der Waals surface area contributed by atoms with E-state index >= 15 is 0 Å². The highest BCUT2D eigenvalue weighted by Crippen LogP contribution is 2.41. The second-order valence-corrected chi connectivity index (χ2v) is 6.54. The number of hydrogen-bond donors (Lipinski definition) is 1. The number of nitrogens with zero attached hydrogens (tertiary/aromatic N) is 2. The fourth-order valence-corrected chi connectivity index (χ4v) is 3.45. The number of hydrogen-bond acceptors (Lipinski definition) is 3. The first-order valence-electron chi connectivity index (χ1n) is 8.49. The molecule has 1 aromatic heterocycles. The summed E-state index contributed by atoms with van der Waals surface area (Å²) in [6.45, 7) is -0.0226. The first-order valence-corrected chi connectivity index (χ1v) is 8.49.